The van der Waals surface area contributed by atoms with E-state index in [-0.39, 0.29) is 44.4 Å². The predicted octanol–water partition coefficient (Wildman–Crippen LogP) is 2.26. The van der Waals surface area contributed by atoms with Gasteiger partial charge in [0.05, 0.1) is 17.8 Å². The van der Waals surface area contributed by atoms with Crippen molar-refractivity contribution >= 4 is 58.4 Å². The molecule has 4 aromatic carbocycles. The number of hydrogen-bond acceptors (Lipinski definition) is 20. The maximum absolute atomic E-state index is 12.4. The Kier molecular flexibility index (Phi) is 23.7. The lowest BCUT2D eigenvalue weighted by atomic mass is 10.0. The maximum atomic E-state index is 12.4. The Hall–Kier alpha value is -7.65. The van der Waals surface area contributed by atoms with Gasteiger partial charge in [0.1, 0.15) is 57.8 Å². The molecule has 0 amide bonds. The third-order valence-corrected chi connectivity index (χ3v) is 9.22. The fourth-order valence-electron chi connectivity index (χ4n) is 5.68. The lowest BCUT2D eigenvalue weighted by Gasteiger charge is -2.13. The molecule has 20 nitrogen and oxygen atoms in total. The highest BCUT2D eigenvalue weighted by molar-refractivity contribution is 5.87. The second kappa shape index (κ2) is 29.7. The van der Waals surface area contributed by atoms with Crippen molar-refractivity contribution in [1.29, 1.82) is 5.26 Å². The van der Waals surface area contributed by atoms with E-state index in [2.05, 4.69) is 19.7 Å². The van der Waals surface area contributed by atoms with E-state index >= 15 is 0 Å². The van der Waals surface area contributed by atoms with Gasteiger partial charge < -0.3 is 46.6 Å². The molecule has 4 aromatic rings. The monoisotopic (exact) mass is 904 g/mol. The molecular weight excluding hydrogens is 857 g/mol. The van der Waals surface area contributed by atoms with E-state index in [1.165, 1.54) is 30.4 Å². The molecule has 0 aliphatic heterocycles. The van der Waals surface area contributed by atoms with Crippen LogP contribution in [0, 0.1) is 11.5 Å². The standard InChI is InChI=1S/C25H20N4O8.C21H28N4O4/c26-13-37-21-7-3-19(4-8-21)10-23(29-16-32)25(34)12-36-17-35-11-24(33)22(28-15-31)9-18-1-5-20(6-2-18)27-14-30;22-16-5-1-14(2-6-16)9-18(24)20(26)11-28-13-29-12-21(27)19(25)10-15-3-7-17(23)8-4-15/h1-8,22-23H,9-12,17H2;1-8,18-19H,9-13,22-25H2. The summed E-state index contributed by atoms with van der Waals surface area (Å²) in [5.74, 6) is -1.21. The molecule has 8 N–H and O–H groups in total. The topological polar surface area (TPSA) is 331 Å². The number of benzene rings is 4. The van der Waals surface area contributed by atoms with Crippen LogP contribution in [0.4, 0.5) is 17.1 Å². The van der Waals surface area contributed by atoms with E-state index in [4.69, 9.17) is 47.1 Å². The first kappa shape index (κ1) is 52.7. The number of anilines is 2. The average molecular weight is 905 g/mol. The van der Waals surface area contributed by atoms with Crippen LogP contribution in [0.1, 0.15) is 22.3 Å². The highest BCUT2D eigenvalue weighted by Crippen LogP contribution is 2.16. The minimum atomic E-state index is -1.05. The first-order valence-electron chi connectivity index (χ1n) is 19.9. The highest BCUT2D eigenvalue weighted by atomic mass is 16.7. The van der Waals surface area contributed by atoms with Crippen molar-refractivity contribution in [2.75, 3.05) is 51.5 Å². The van der Waals surface area contributed by atoms with Gasteiger partial charge in [-0.2, -0.15) is 15.0 Å². The van der Waals surface area contributed by atoms with Gasteiger partial charge in [-0.3, -0.25) is 19.2 Å². The first-order valence-corrected chi connectivity index (χ1v) is 19.9. The van der Waals surface area contributed by atoms with Gasteiger partial charge in [0.15, 0.2) is 23.1 Å². The molecule has 0 saturated heterocycles. The van der Waals surface area contributed by atoms with Gasteiger partial charge in [-0.15, -0.1) is 5.26 Å². The van der Waals surface area contributed by atoms with Crippen LogP contribution in [0.15, 0.2) is 112 Å². The number of nitrogens with two attached hydrogens (primary N) is 4. The van der Waals surface area contributed by atoms with Crippen LogP contribution in [-0.4, -0.2) is 106 Å². The van der Waals surface area contributed by atoms with Gasteiger partial charge in [-0.25, -0.2) is 14.4 Å². The zero-order valence-electron chi connectivity index (χ0n) is 35.6. The van der Waals surface area contributed by atoms with E-state index in [1.54, 1.807) is 66.9 Å². The number of hydrogen-bond donors (Lipinski definition) is 4. The number of rotatable bonds is 28. The van der Waals surface area contributed by atoms with Crippen molar-refractivity contribution in [3.05, 3.63) is 119 Å². The summed E-state index contributed by atoms with van der Waals surface area (Å²) in [6.45, 7) is -1.87. The zero-order chi connectivity index (χ0) is 48.1. The number of carbonyl (C=O) groups excluding carboxylic acids is 7. The molecule has 0 aliphatic rings. The van der Waals surface area contributed by atoms with Crippen molar-refractivity contribution in [1.82, 2.24) is 0 Å². The Labute approximate surface area is 379 Å². The Morgan fingerprint density at radius 2 is 0.848 bits per heavy atom. The number of carbonyl (C=O) groups is 4. The Morgan fingerprint density at radius 3 is 1.21 bits per heavy atom. The van der Waals surface area contributed by atoms with Gasteiger partial charge in [-0.1, -0.05) is 48.5 Å². The molecule has 0 aliphatic carbocycles. The van der Waals surface area contributed by atoms with Crippen molar-refractivity contribution in [2.24, 2.45) is 26.4 Å². The smallest absolute Gasteiger partial charge is 0.292 e. The third-order valence-electron chi connectivity index (χ3n) is 9.22. The molecule has 0 heterocycles. The lowest BCUT2D eigenvalue weighted by molar-refractivity contribution is -0.137. The Morgan fingerprint density at radius 1 is 0.500 bits per heavy atom. The second-order valence-electron chi connectivity index (χ2n) is 14.2. The minimum Gasteiger partial charge on any atom is -0.399 e. The summed E-state index contributed by atoms with van der Waals surface area (Å²) in [5, 5.41) is 8.51. The summed E-state index contributed by atoms with van der Waals surface area (Å²) >= 11 is 0. The molecule has 4 atom stereocenters. The Bertz CT molecular complexity index is 2310. The third kappa shape index (κ3) is 20.2. The van der Waals surface area contributed by atoms with Crippen molar-refractivity contribution in [2.45, 2.75) is 49.9 Å². The number of ether oxygens (including phenoxy) is 5. The summed E-state index contributed by atoms with van der Waals surface area (Å²) in [4.78, 5) is 91.1. The quantitative estimate of drug-likeness (QED) is 0.0159. The molecule has 0 fully saturated rings. The number of nitrogens with zero attached hydrogens (tertiary/aromatic N) is 4. The number of isocyanates is 3. The summed E-state index contributed by atoms with van der Waals surface area (Å²) in [5.41, 5.74) is 27.9. The van der Waals surface area contributed by atoms with Crippen LogP contribution in [0.2, 0.25) is 0 Å². The molecule has 4 rings (SSSR count). The molecule has 66 heavy (non-hydrogen) atoms. The molecule has 20 heteroatoms. The zero-order valence-corrected chi connectivity index (χ0v) is 35.6. The normalized spacial score (nSPS) is 12.1. The van der Waals surface area contributed by atoms with Crippen molar-refractivity contribution in [3.8, 4) is 12.0 Å². The van der Waals surface area contributed by atoms with Gasteiger partial charge >= 0.3 is 0 Å². The van der Waals surface area contributed by atoms with Crippen LogP contribution in [-0.2, 0) is 78.2 Å². The Balaban J connectivity index is 0.000000361. The molecular formula is C46H48N8O12. The summed E-state index contributed by atoms with van der Waals surface area (Å²) in [6.07, 6.45) is 6.65. The lowest BCUT2D eigenvalue weighted by Crippen LogP contribution is -2.36. The first-order chi connectivity index (χ1) is 31.8. The number of aliphatic imine (C=N–C) groups is 3. The van der Waals surface area contributed by atoms with Crippen LogP contribution in [0.3, 0.4) is 0 Å². The molecule has 0 radical (unpaired) electrons. The van der Waals surface area contributed by atoms with E-state index in [1.807, 2.05) is 24.3 Å². The molecule has 0 bridgehead atoms. The molecule has 0 spiro atoms. The number of nitrogen functional groups attached to an aromatic ring is 2. The molecule has 0 saturated carbocycles. The predicted molar refractivity (Wildman–Crippen MR) is 237 cm³/mol. The van der Waals surface area contributed by atoms with Crippen LogP contribution >= 0.6 is 0 Å². The molecule has 0 aromatic heterocycles. The average Bonchev–Trinajstić information content (AvgIpc) is 3.31. The maximum Gasteiger partial charge on any atom is 0.292 e. The van der Waals surface area contributed by atoms with Gasteiger partial charge in [0, 0.05) is 24.2 Å². The summed E-state index contributed by atoms with van der Waals surface area (Å²) in [6, 6.07) is 23.5. The van der Waals surface area contributed by atoms with Crippen LogP contribution in [0.5, 0.6) is 5.75 Å². The fraction of sp³-hybridized carbons (Fsp3) is 0.304. The highest BCUT2D eigenvalue weighted by Gasteiger charge is 2.21. The van der Waals surface area contributed by atoms with Gasteiger partial charge in [-0.05, 0) is 83.6 Å². The fourth-order valence-corrected chi connectivity index (χ4v) is 5.68. The largest absolute Gasteiger partial charge is 0.399 e. The van der Waals surface area contributed by atoms with Crippen molar-refractivity contribution < 1.29 is 57.2 Å². The van der Waals surface area contributed by atoms with E-state index in [9.17, 15) is 33.6 Å². The SMILES string of the molecule is N#COc1ccc(CC(N=C=O)C(=O)COCOCC(=O)C(Cc2ccc(N=C=O)cc2)N=C=O)cc1.Nc1ccc(CC(N)C(=O)COCOCC(=O)C(N)Cc2ccc(N)cc2)cc1. The number of nitriles is 1. The molecule has 344 valence electrons. The van der Waals surface area contributed by atoms with Gasteiger partial charge in [0.25, 0.3) is 6.26 Å². The number of Topliss-reactive ketones (excluding diaryl/α,β-unsaturated/α-hetero) is 4. The number of ketones is 4. The van der Waals surface area contributed by atoms with Crippen LogP contribution < -0.4 is 27.7 Å². The minimum absolute atomic E-state index is 0.0941. The summed E-state index contributed by atoms with van der Waals surface area (Å²) in [7, 11) is 0. The second-order valence-corrected chi connectivity index (χ2v) is 14.2. The molecule has 4 unspecified atom stereocenters. The van der Waals surface area contributed by atoms with E-state index < -0.39 is 55.7 Å². The summed E-state index contributed by atoms with van der Waals surface area (Å²) < 4.78 is 25.3. The van der Waals surface area contributed by atoms with E-state index in [0.29, 0.717) is 46.8 Å². The van der Waals surface area contributed by atoms with E-state index in [0.717, 1.165) is 11.1 Å². The van der Waals surface area contributed by atoms with Crippen molar-refractivity contribution in [3.63, 3.8) is 0 Å². The van der Waals surface area contributed by atoms with Gasteiger partial charge in [0.2, 0.25) is 18.2 Å². The van der Waals surface area contributed by atoms with Crippen LogP contribution in [0.25, 0.3) is 0 Å².